The van der Waals surface area contributed by atoms with Crippen molar-refractivity contribution in [3.8, 4) is 0 Å². The number of nitrogens with zero attached hydrogens (tertiary/aromatic N) is 1. The van der Waals surface area contributed by atoms with Crippen LogP contribution in [0.25, 0.3) is 0 Å². The molecule has 1 aromatic rings. The molecule has 0 aromatic heterocycles. The van der Waals surface area contributed by atoms with Gasteiger partial charge in [0.25, 0.3) is 5.91 Å². The van der Waals surface area contributed by atoms with Gasteiger partial charge in [-0.2, -0.15) is 0 Å². The van der Waals surface area contributed by atoms with Crippen molar-refractivity contribution in [3.63, 3.8) is 0 Å². The maximum Gasteiger partial charge on any atom is 0.251 e. The first-order valence-corrected chi connectivity index (χ1v) is 7.56. The molecule has 1 amide bonds. The Morgan fingerprint density at radius 2 is 2.20 bits per heavy atom. The zero-order chi connectivity index (χ0) is 13.9. The molecule has 0 unspecified atom stereocenters. The fourth-order valence-electron chi connectivity index (χ4n) is 3.05. The van der Waals surface area contributed by atoms with Crippen LogP contribution < -0.4 is 10.6 Å². The third kappa shape index (κ3) is 2.96. The summed E-state index contributed by atoms with van der Waals surface area (Å²) in [6, 6.07) is 5.97. The molecule has 108 valence electrons. The zero-order valence-electron chi connectivity index (χ0n) is 12.1. The number of rotatable bonds is 3. The van der Waals surface area contributed by atoms with Crippen molar-refractivity contribution >= 4 is 11.6 Å². The van der Waals surface area contributed by atoms with E-state index in [0.29, 0.717) is 5.92 Å². The quantitative estimate of drug-likeness (QED) is 0.881. The summed E-state index contributed by atoms with van der Waals surface area (Å²) < 4.78 is 0. The minimum absolute atomic E-state index is 0.0682. The van der Waals surface area contributed by atoms with Gasteiger partial charge in [-0.25, -0.2) is 0 Å². The average molecular weight is 273 g/mol. The maximum absolute atomic E-state index is 12.2. The molecular weight excluding hydrogens is 250 g/mol. The number of piperidine rings is 1. The molecule has 2 aliphatic heterocycles. The molecule has 4 heteroatoms. The van der Waals surface area contributed by atoms with Crippen molar-refractivity contribution < 1.29 is 4.79 Å². The summed E-state index contributed by atoms with van der Waals surface area (Å²) in [5.74, 6) is 0.699. The first-order chi connectivity index (χ1) is 9.72. The first-order valence-electron chi connectivity index (χ1n) is 7.56. The Hall–Kier alpha value is -1.55. The largest absolute Gasteiger partial charge is 0.384 e. The molecule has 4 nitrogen and oxygen atoms in total. The molecule has 0 bridgehead atoms. The highest BCUT2D eigenvalue weighted by molar-refractivity contribution is 5.95. The highest BCUT2D eigenvalue weighted by Gasteiger charge is 2.18. The van der Waals surface area contributed by atoms with Gasteiger partial charge in [0.05, 0.1) is 0 Å². The minimum Gasteiger partial charge on any atom is -0.384 e. The fourth-order valence-corrected chi connectivity index (χ4v) is 3.05. The molecule has 20 heavy (non-hydrogen) atoms. The second kappa shape index (κ2) is 5.83. The smallest absolute Gasteiger partial charge is 0.251 e. The van der Waals surface area contributed by atoms with Gasteiger partial charge < -0.3 is 15.5 Å². The Morgan fingerprint density at radius 1 is 1.40 bits per heavy atom. The number of carbonyl (C=O) groups excluding carboxylic acids is 1. The molecule has 1 saturated heterocycles. The highest BCUT2D eigenvalue weighted by atomic mass is 16.1. The van der Waals surface area contributed by atoms with E-state index in [1.54, 1.807) is 0 Å². The zero-order valence-corrected chi connectivity index (χ0v) is 12.1. The van der Waals surface area contributed by atoms with Crippen molar-refractivity contribution in [3.05, 3.63) is 29.3 Å². The van der Waals surface area contributed by atoms with E-state index in [4.69, 9.17) is 0 Å². The van der Waals surface area contributed by atoms with Crippen molar-refractivity contribution in [1.29, 1.82) is 0 Å². The van der Waals surface area contributed by atoms with E-state index < -0.39 is 0 Å². The van der Waals surface area contributed by atoms with Gasteiger partial charge in [-0.1, -0.05) is 0 Å². The van der Waals surface area contributed by atoms with E-state index in [-0.39, 0.29) is 5.91 Å². The lowest BCUT2D eigenvalue weighted by Crippen LogP contribution is -2.36. The van der Waals surface area contributed by atoms with E-state index in [1.165, 1.54) is 24.1 Å². The number of benzene rings is 1. The lowest BCUT2D eigenvalue weighted by Gasteiger charge is -2.28. The number of anilines is 1. The van der Waals surface area contributed by atoms with Crippen LogP contribution in [0.3, 0.4) is 0 Å². The second-order valence-electron chi connectivity index (χ2n) is 6.01. The lowest BCUT2D eigenvalue weighted by atomic mass is 9.97. The standard InChI is InChI=1S/C16H23N3O/c1-19-8-5-12(6-9-19)11-18-16(20)14-2-3-15-13(10-14)4-7-17-15/h2-3,10,12,17H,4-9,11H2,1H3,(H,18,20). The summed E-state index contributed by atoms with van der Waals surface area (Å²) in [6.45, 7) is 4.08. The van der Waals surface area contributed by atoms with Crippen molar-refractivity contribution in [2.75, 3.05) is 38.5 Å². The van der Waals surface area contributed by atoms with E-state index in [0.717, 1.165) is 38.2 Å². The van der Waals surface area contributed by atoms with Crippen LogP contribution >= 0.6 is 0 Å². The van der Waals surface area contributed by atoms with Crippen LogP contribution in [-0.4, -0.2) is 44.0 Å². The number of hydrogen-bond acceptors (Lipinski definition) is 3. The third-order valence-corrected chi connectivity index (χ3v) is 4.47. The van der Waals surface area contributed by atoms with Crippen LogP contribution in [0.15, 0.2) is 18.2 Å². The van der Waals surface area contributed by atoms with Gasteiger partial charge in [0.15, 0.2) is 0 Å². The predicted octanol–water partition coefficient (Wildman–Crippen LogP) is 1.73. The Kier molecular flexibility index (Phi) is 3.92. The molecule has 0 atom stereocenters. The van der Waals surface area contributed by atoms with Gasteiger partial charge in [0.1, 0.15) is 0 Å². The van der Waals surface area contributed by atoms with E-state index >= 15 is 0 Å². The van der Waals surface area contributed by atoms with E-state index in [9.17, 15) is 4.79 Å². The Morgan fingerprint density at radius 3 is 3.00 bits per heavy atom. The summed E-state index contributed by atoms with van der Waals surface area (Å²) >= 11 is 0. The summed E-state index contributed by atoms with van der Waals surface area (Å²) in [5.41, 5.74) is 3.23. The molecule has 0 saturated carbocycles. The molecule has 2 N–H and O–H groups in total. The second-order valence-corrected chi connectivity index (χ2v) is 6.01. The van der Waals surface area contributed by atoms with Crippen LogP contribution in [0, 0.1) is 5.92 Å². The Labute approximate surface area is 120 Å². The van der Waals surface area contributed by atoms with Gasteiger partial charge >= 0.3 is 0 Å². The van der Waals surface area contributed by atoms with Gasteiger partial charge in [-0.15, -0.1) is 0 Å². The van der Waals surface area contributed by atoms with E-state index in [2.05, 4.69) is 22.6 Å². The van der Waals surface area contributed by atoms with Crippen LogP contribution in [0.5, 0.6) is 0 Å². The van der Waals surface area contributed by atoms with Gasteiger partial charge in [-0.05, 0) is 69.1 Å². The predicted molar refractivity (Wildman–Crippen MR) is 81.2 cm³/mol. The van der Waals surface area contributed by atoms with Gasteiger partial charge in [-0.3, -0.25) is 4.79 Å². The van der Waals surface area contributed by atoms with Crippen LogP contribution in [0.1, 0.15) is 28.8 Å². The van der Waals surface area contributed by atoms with Crippen LogP contribution in [0.2, 0.25) is 0 Å². The van der Waals surface area contributed by atoms with E-state index in [1.807, 2.05) is 18.2 Å². The lowest BCUT2D eigenvalue weighted by molar-refractivity contribution is 0.0939. The summed E-state index contributed by atoms with van der Waals surface area (Å²) in [6.07, 6.45) is 3.39. The molecular formula is C16H23N3O. The maximum atomic E-state index is 12.2. The molecule has 1 aromatic carbocycles. The van der Waals surface area contributed by atoms with Crippen molar-refractivity contribution in [2.24, 2.45) is 5.92 Å². The topological polar surface area (TPSA) is 44.4 Å². The van der Waals surface area contributed by atoms with Crippen LogP contribution in [-0.2, 0) is 6.42 Å². The first kappa shape index (κ1) is 13.4. The van der Waals surface area contributed by atoms with Crippen molar-refractivity contribution in [1.82, 2.24) is 10.2 Å². The van der Waals surface area contributed by atoms with Crippen molar-refractivity contribution in [2.45, 2.75) is 19.3 Å². The van der Waals surface area contributed by atoms with Gasteiger partial charge in [0.2, 0.25) is 0 Å². The molecule has 3 rings (SSSR count). The molecule has 2 heterocycles. The number of amides is 1. The number of carbonyl (C=O) groups is 1. The molecule has 1 fully saturated rings. The number of hydrogen-bond donors (Lipinski definition) is 2. The molecule has 0 radical (unpaired) electrons. The van der Waals surface area contributed by atoms with Gasteiger partial charge in [0, 0.05) is 24.3 Å². The normalized spacial score (nSPS) is 19.4. The Balaban J connectivity index is 1.54. The number of fused-ring (bicyclic) bond motifs is 1. The summed E-state index contributed by atoms with van der Waals surface area (Å²) in [5, 5.41) is 6.41. The Bertz CT molecular complexity index is 492. The molecule has 0 aliphatic carbocycles. The molecule has 2 aliphatic rings. The minimum atomic E-state index is 0.0682. The highest BCUT2D eigenvalue weighted by Crippen LogP contribution is 2.23. The number of likely N-dealkylation sites (tertiary alicyclic amines) is 1. The average Bonchev–Trinajstić information content (AvgIpc) is 2.93. The SMILES string of the molecule is CN1CCC(CNC(=O)c2ccc3c(c2)CCN3)CC1. The monoisotopic (exact) mass is 273 g/mol. The molecule has 0 spiro atoms. The summed E-state index contributed by atoms with van der Waals surface area (Å²) in [7, 11) is 2.16. The van der Waals surface area contributed by atoms with Crippen LogP contribution in [0.4, 0.5) is 5.69 Å². The summed E-state index contributed by atoms with van der Waals surface area (Å²) in [4.78, 5) is 14.6. The fraction of sp³-hybridized carbons (Fsp3) is 0.562. The third-order valence-electron chi connectivity index (χ3n) is 4.47. The number of nitrogens with one attached hydrogen (secondary N) is 2.